The molecule has 0 heterocycles. The molecule has 2 heteroatoms. The molecule has 0 nitrogen and oxygen atoms in total. The number of hydrogen-bond donors (Lipinski definition) is 0. The third-order valence-corrected chi connectivity index (χ3v) is 2.76. The molecule has 0 saturated heterocycles. The number of halogens is 2. The van der Waals surface area contributed by atoms with Crippen molar-refractivity contribution < 1.29 is 8.78 Å². The Bertz CT molecular complexity index is 394. The summed E-state index contributed by atoms with van der Waals surface area (Å²) in [4.78, 5) is 0. The third-order valence-electron chi connectivity index (χ3n) is 2.76. The molecule has 0 amide bonds. The molecule has 14 heavy (non-hydrogen) atoms. The highest BCUT2D eigenvalue weighted by atomic mass is 19.1. The van der Waals surface area contributed by atoms with Crippen LogP contribution < -0.4 is 0 Å². The average Bonchev–Trinajstić information content (AvgIpc) is 2.16. The Morgan fingerprint density at radius 2 is 2.00 bits per heavy atom. The van der Waals surface area contributed by atoms with E-state index in [1.165, 1.54) is 6.07 Å². The fourth-order valence-corrected chi connectivity index (χ4v) is 1.83. The second-order valence-electron chi connectivity index (χ2n) is 3.81. The second-order valence-corrected chi connectivity index (χ2v) is 3.81. The van der Waals surface area contributed by atoms with Crippen LogP contribution in [0.5, 0.6) is 0 Å². The maximum absolute atomic E-state index is 13.7. The molecule has 1 aliphatic carbocycles. The molecule has 1 aliphatic rings. The van der Waals surface area contributed by atoms with Crippen molar-refractivity contribution in [1.82, 2.24) is 0 Å². The molecule has 0 bridgehead atoms. The van der Waals surface area contributed by atoms with Crippen molar-refractivity contribution in [2.24, 2.45) is 5.92 Å². The molecule has 2 unspecified atom stereocenters. The van der Waals surface area contributed by atoms with Gasteiger partial charge >= 0.3 is 0 Å². The van der Waals surface area contributed by atoms with Crippen molar-refractivity contribution in [2.75, 3.05) is 0 Å². The lowest BCUT2D eigenvalue weighted by molar-refractivity contribution is 0.271. The van der Waals surface area contributed by atoms with Crippen LogP contribution in [0.1, 0.15) is 29.8 Å². The largest absolute Gasteiger partial charge is 0.242 e. The van der Waals surface area contributed by atoms with Gasteiger partial charge in [0.1, 0.15) is 12.0 Å². The van der Waals surface area contributed by atoms with Crippen LogP contribution in [-0.4, -0.2) is 0 Å². The lowest BCUT2D eigenvalue weighted by Crippen LogP contribution is -2.11. The molecule has 2 atom stereocenters. The van der Waals surface area contributed by atoms with Gasteiger partial charge in [-0.25, -0.2) is 8.78 Å². The SMILES string of the molecule is Cc1ccc(F)c2c1C=CC(C)C2F. The Balaban J connectivity index is 2.67. The van der Waals surface area contributed by atoms with E-state index in [1.807, 2.05) is 13.0 Å². The van der Waals surface area contributed by atoms with Gasteiger partial charge in [-0.05, 0) is 24.1 Å². The van der Waals surface area contributed by atoms with E-state index in [1.54, 1.807) is 19.1 Å². The van der Waals surface area contributed by atoms with Gasteiger partial charge in [0, 0.05) is 11.5 Å². The van der Waals surface area contributed by atoms with Crippen molar-refractivity contribution in [3.05, 3.63) is 40.7 Å². The fourth-order valence-electron chi connectivity index (χ4n) is 1.83. The predicted octanol–water partition coefficient (Wildman–Crippen LogP) is 3.81. The van der Waals surface area contributed by atoms with Gasteiger partial charge in [-0.3, -0.25) is 0 Å². The predicted molar refractivity (Wildman–Crippen MR) is 53.2 cm³/mol. The molecule has 1 aromatic carbocycles. The maximum atomic E-state index is 13.7. The smallest absolute Gasteiger partial charge is 0.134 e. The molecule has 0 aromatic heterocycles. The van der Waals surface area contributed by atoms with Crippen molar-refractivity contribution in [3.8, 4) is 0 Å². The normalized spacial score (nSPS) is 24.9. The molecule has 74 valence electrons. The molecular formula is C12H12F2. The van der Waals surface area contributed by atoms with E-state index in [0.29, 0.717) is 5.56 Å². The fraction of sp³-hybridized carbons (Fsp3) is 0.333. The van der Waals surface area contributed by atoms with Gasteiger partial charge in [0.05, 0.1) is 0 Å². The first-order chi connectivity index (χ1) is 6.61. The molecule has 0 N–H and O–H groups in total. The molecule has 0 fully saturated rings. The Labute approximate surface area is 82.3 Å². The zero-order chi connectivity index (χ0) is 10.3. The van der Waals surface area contributed by atoms with Crippen LogP contribution in [-0.2, 0) is 0 Å². The average molecular weight is 194 g/mol. The van der Waals surface area contributed by atoms with Crippen molar-refractivity contribution in [3.63, 3.8) is 0 Å². The van der Waals surface area contributed by atoms with Crippen LogP contribution >= 0.6 is 0 Å². The van der Waals surface area contributed by atoms with Crippen LogP contribution in [0, 0.1) is 18.7 Å². The second kappa shape index (κ2) is 3.19. The van der Waals surface area contributed by atoms with Crippen molar-refractivity contribution in [1.29, 1.82) is 0 Å². The van der Waals surface area contributed by atoms with E-state index in [0.717, 1.165) is 5.56 Å². The molecule has 1 aromatic rings. The monoisotopic (exact) mass is 194 g/mol. The molecule has 0 spiro atoms. The van der Waals surface area contributed by atoms with E-state index >= 15 is 0 Å². The number of benzene rings is 1. The first-order valence-electron chi connectivity index (χ1n) is 4.72. The Morgan fingerprint density at radius 1 is 1.29 bits per heavy atom. The summed E-state index contributed by atoms with van der Waals surface area (Å²) in [6, 6.07) is 3.02. The number of aryl methyl sites for hydroxylation is 1. The number of rotatable bonds is 0. The topological polar surface area (TPSA) is 0 Å². The van der Waals surface area contributed by atoms with Crippen molar-refractivity contribution in [2.45, 2.75) is 20.0 Å². The summed E-state index contributed by atoms with van der Waals surface area (Å²) < 4.78 is 27.1. The summed E-state index contributed by atoms with van der Waals surface area (Å²) in [6.45, 7) is 3.62. The van der Waals surface area contributed by atoms with Crippen LogP contribution in [0.15, 0.2) is 18.2 Å². The lowest BCUT2D eigenvalue weighted by atomic mass is 9.86. The van der Waals surface area contributed by atoms with Gasteiger partial charge < -0.3 is 0 Å². The molecule has 0 aliphatic heterocycles. The van der Waals surface area contributed by atoms with Crippen molar-refractivity contribution >= 4 is 6.08 Å². The van der Waals surface area contributed by atoms with Gasteiger partial charge in [0.15, 0.2) is 0 Å². The zero-order valence-electron chi connectivity index (χ0n) is 8.22. The van der Waals surface area contributed by atoms with Crippen LogP contribution in [0.2, 0.25) is 0 Å². The number of allylic oxidation sites excluding steroid dienone is 1. The van der Waals surface area contributed by atoms with E-state index in [2.05, 4.69) is 0 Å². The summed E-state index contributed by atoms with van der Waals surface area (Å²) >= 11 is 0. The van der Waals surface area contributed by atoms with Gasteiger partial charge in [0.25, 0.3) is 0 Å². The van der Waals surface area contributed by atoms with E-state index in [9.17, 15) is 8.78 Å². The summed E-state index contributed by atoms with van der Waals surface area (Å²) in [5, 5.41) is 0. The van der Waals surface area contributed by atoms with E-state index in [-0.39, 0.29) is 11.5 Å². The lowest BCUT2D eigenvalue weighted by Gasteiger charge is -2.22. The van der Waals surface area contributed by atoms with Gasteiger partial charge in [-0.2, -0.15) is 0 Å². The van der Waals surface area contributed by atoms with E-state index < -0.39 is 12.0 Å². The highest BCUT2D eigenvalue weighted by Gasteiger charge is 2.26. The third kappa shape index (κ3) is 1.26. The highest BCUT2D eigenvalue weighted by Crippen LogP contribution is 2.37. The number of fused-ring (bicyclic) bond motifs is 1. The first-order valence-corrected chi connectivity index (χ1v) is 4.72. The number of alkyl halides is 1. The Morgan fingerprint density at radius 3 is 2.71 bits per heavy atom. The maximum Gasteiger partial charge on any atom is 0.134 e. The van der Waals surface area contributed by atoms with Crippen LogP contribution in [0.3, 0.4) is 0 Å². The minimum atomic E-state index is -1.21. The summed E-state index contributed by atoms with van der Waals surface area (Å²) in [5.41, 5.74) is 1.85. The summed E-state index contributed by atoms with van der Waals surface area (Å²) in [5.74, 6) is -0.673. The van der Waals surface area contributed by atoms with Gasteiger partial charge in [-0.15, -0.1) is 0 Å². The molecule has 0 radical (unpaired) electrons. The van der Waals surface area contributed by atoms with Gasteiger partial charge in [-0.1, -0.05) is 25.1 Å². The van der Waals surface area contributed by atoms with Crippen LogP contribution in [0.4, 0.5) is 8.78 Å². The first kappa shape index (κ1) is 9.38. The summed E-state index contributed by atoms with van der Waals surface area (Å²) in [6.07, 6.45) is 2.39. The highest BCUT2D eigenvalue weighted by molar-refractivity contribution is 5.61. The van der Waals surface area contributed by atoms with Gasteiger partial charge in [0.2, 0.25) is 0 Å². The summed E-state index contributed by atoms with van der Waals surface area (Å²) in [7, 11) is 0. The van der Waals surface area contributed by atoms with Crippen LogP contribution in [0.25, 0.3) is 6.08 Å². The number of hydrogen-bond acceptors (Lipinski definition) is 0. The molecular weight excluding hydrogens is 182 g/mol. The zero-order valence-corrected chi connectivity index (χ0v) is 8.22. The minimum absolute atomic E-state index is 0.222. The van der Waals surface area contributed by atoms with E-state index in [4.69, 9.17) is 0 Å². The molecule has 2 rings (SSSR count). The minimum Gasteiger partial charge on any atom is -0.242 e. The quantitative estimate of drug-likeness (QED) is 0.589. The Hall–Kier alpha value is -1.18. The Kier molecular flexibility index (Phi) is 2.14. The molecule has 0 saturated carbocycles. The standard InChI is InChI=1S/C12H12F2/c1-7-4-6-10(13)11-9(7)5-3-8(2)12(11)14/h3-6,8,12H,1-2H3.